The number of thioether (sulfide) groups is 1. The van der Waals surface area contributed by atoms with Crippen LogP contribution < -0.4 is 5.32 Å². The molecule has 0 bridgehead atoms. The minimum Gasteiger partial charge on any atom is -0.472 e. The Bertz CT molecular complexity index is 914. The molecule has 146 valence electrons. The Morgan fingerprint density at radius 3 is 2.82 bits per heavy atom. The molecular formula is C20H21N3O3S2. The molecule has 2 amide bonds. The Balaban J connectivity index is 1.18. The van der Waals surface area contributed by atoms with Gasteiger partial charge in [0.05, 0.1) is 22.0 Å². The van der Waals surface area contributed by atoms with Gasteiger partial charge in [-0.25, -0.2) is 4.98 Å². The molecule has 3 aromatic rings. The van der Waals surface area contributed by atoms with E-state index < -0.39 is 0 Å². The first-order chi connectivity index (χ1) is 13.7. The molecule has 0 spiro atoms. The SMILES string of the molecule is O=C(CCSc1nc2ccccc2s1)NC1CCN(C(=O)c2ccoc2)CC1. The number of carbonyl (C=O) groups is 2. The van der Waals surface area contributed by atoms with Gasteiger partial charge in [0.25, 0.3) is 5.91 Å². The summed E-state index contributed by atoms with van der Waals surface area (Å²) in [5.74, 6) is 0.766. The van der Waals surface area contributed by atoms with Gasteiger partial charge in [0.15, 0.2) is 4.34 Å². The second-order valence-corrected chi connectivity index (χ2v) is 9.06. The first kappa shape index (κ1) is 19.0. The number of rotatable bonds is 6. The molecule has 8 heteroatoms. The van der Waals surface area contributed by atoms with Crippen LogP contribution in [0.2, 0.25) is 0 Å². The van der Waals surface area contributed by atoms with Crippen molar-refractivity contribution in [3.8, 4) is 0 Å². The molecule has 1 fully saturated rings. The van der Waals surface area contributed by atoms with Crippen LogP contribution in [0.25, 0.3) is 10.2 Å². The van der Waals surface area contributed by atoms with Crippen molar-refractivity contribution in [2.24, 2.45) is 0 Å². The van der Waals surface area contributed by atoms with E-state index in [9.17, 15) is 9.59 Å². The van der Waals surface area contributed by atoms with Crippen molar-refractivity contribution in [2.75, 3.05) is 18.8 Å². The normalized spacial score (nSPS) is 15.1. The van der Waals surface area contributed by atoms with E-state index in [1.54, 1.807) is 29.2 Å². The molecule has 0 radical (unpaired) electrons. The quantitative estimate of drug-likeness (QED) is 0.620. The molecule has 1 aliphatic heterocycles. The second-order valence-electron chi connectivity index (χ2n) is 6.69. The lowest BCUT2D eigenvalue weighted by molar-refractivity contribution is -0.121. The molecule has 1 aromatic carbocycles. The van der Waals surface area contributed by atoms with Crippen LogP contribution in [-0.2, 0) is 4.79 Å². The van der Waals surface area contributed by atoms with Crippen molar-refractivity contribution in [2.45, 2.75) is 29.6 Å². The molecule has 0 unspecified atom stereocenters. The van der Waals surface area contributed by atoms with Crippen LogP contribution in [0.15, 0.2) is 51.6 Å². The summed E-state index contributed by atoms with van der Waals surface area (Å²) in [5.41, 5.74) is 1.59. The number of hydrogen-bond donors (Lipinski definition) is 1. The summed E-state index contributed by atoms with van der Waals surface area (Å²) in [5, 5.41) is 3.10. The van der Waals surface area contributed by atoms with Crippen LogP contribution in [0.3, 0.4) is 0 Å². The minimum atomic E-state index is -0.00855. The smallest absolute Gasteiger partial charge is 0.257 e. The lowest BCUT2D eigenvalue weighted by atomic mass is 10.0. The molecule has 1 N–H and O–H groups in total. The van der Waals surface area contributed by atoms with Gasteiger partial charge >= 0.3 is 0 Å². The van der Waals surface area contributed by atoms with Gasteiger partial charge < -0.3 is 14.6 Å². The van der Waals surface area contributed by atoms with Crippen LogP contribution in [-0.4, -0.2) is 46.6 Å². The van der Waals surface area contributed by atoms with Gasteiger partial charge in [0.2, 0.25) is 5.91 Å². The molecule has 6 nitrogen and oxygen atoms in total. The van der Waals surface area contributed by atoms with Crippen molar-refractivity contribution < 1.29 is 14.0 Å². The van der Waals surface area contributed by atoms with E-state index >= 15 is 0 Å². The van der Waals surface area contributed by atoms with Gasteiger partial charge in [-0.15, -0.1) is 11.3 Å². The largest absolute Gasteiger partial charge is 0.472 e. The van der Waals surface area contributed by atoms with E-state index in [0.717, 1.165) is 22.7 Å². The highest BCUT2D eigenvalue weighted by atomic mass is 32.2. The maximum absolute atomic E-state index is 12.3. The van der Waals surface area contributed by atoms with Crippen molar-refractivity contribution in [1.82, 2.24) is 15.2 Å². The predicted molar refractivity (Wildman–Crippen MR) is 111 cm³/mol. The molecule has 28 heavy (non-hydrogen) atoms. The van der Waals surface area contributed by atoms with Crippen molar-refractivity contribution >= 4 is 45.1 Å². The monoisotopic (exact) mass is 415 g/mol. The van der Waals surface area contributed by atoms with E-state index in [-0.39, 0.29) is 17.9 Å². The van der Waals surface area contributed by atoms with Crippen LogP contribution in [0.4, 0.5) is 0 Å². The summed E-state index contributed by atoms with van der Waals surface area (Å²) in [6.45, 7) is 1.30. The number of likely N-dealkylation sites (tertiary alicyclic amines) is 1. The van der Waals surface area contributed by atoms with E-state index in [2.05, 4.69) is 16.4 Å². The van der Waals surface area contributed by atoms with E-state index in [4.69, 9.17) is 4.42 Å². The topological polar surface area (TPSA) is 75.4 Å². The third-order valence-electron chi connectivity index (χ3n) is 4.74. The highest BCUT2D eigenvalue weighted by molar-refractivity contribution is 8.01. The number of hydrogen-bond acceptors (Lipinski definition) is 6. The number of benzene rings is 1. The summed E-state index contributed by atoms with van der Waals surface area (Å²) in [4.78, 5) is 30.9. The summed E-state index contributed by atoms with van der Waals surface area (Å²) < 4.78 is 7.15. The molecular weight excluding hydrogens is 394 g/mol. The number of piperidine rings is 1. The maximum Gasteiger partial charge on any atom is 0.257 e. The molecule has 0 aliphatic carbocycles. The number of carbonyl (C=O) groups excluding carboxylic acids is 2. The number of fused-ring (bicyclic) bond motifs is 1. The highest BCUT2D eigenvalue weighted by Crippen LogP contribution is 2.29. The fourth-order valence-corrected chi connectivity index (χ4v) is 5.32. The Kier molecular flexibility index (Phi) is 5.97. The number of thiazole rings is 1. The minimum absolute atomic E-state index is 0.00855. The molecule has 1 aliphatic rings. The van der Waals surface area contributed by atoms with Gasteiger partial charge in [-0.3, -0.25) is 9.59 Å². The average molecular weight is 416 g/mol. The molecule has 2 aromatic heterocycles. The third kappa shape index (κ3) is 4.56. The van der Waals surface area contributed by atoms with Gasteiger partial charge in [0.1, 0.15) is 6.26 Å². The van der Waals surface area contributed by atoms with Gasteiger partial charge in [0, 0.05) is 31.3 Å². The second kappa shape index (κ2) is 8.79. The zero-order valence-electron chi connectivity index (χ0n) is 15.3. The first-order valence-electron chi connectivity index (χ1n) is 9.28. The number of nitrogens with zero attached hydrogens (tertiary/aromatic N) is 2. The van der Waals surface area contributed by atoms with Gasteiger partial charge in [-0.2, -0.15) is 0 Å². The predicted octanol–water partition coefficient (Wildman–Crippen LogP) is 3.79. The number of furan rings is 1. The molecule has 0 atom stereocenters. The van der Waals surface area contributed by atoms with Crippen LogP contribution in [0.1, 0.15) is 29.6 Å². The zero-order valence-corrected chi connectivity index (χ0v) is 16.9. The van der Waals surface area contributed by atoms with Gasteiger partial charge in [-0.1, -0.05) is 23.9 Å². The molecule has 0 saturated carbocycles. The summed E-state index contributed by atoms with van der Waals surface area (Å²) in [7, 11) is 0. The number of para-hydroxylation sites is 1. The van der Waals surface area contributed by atoms with Crippen molar-refractivity contribution in [1.29, 1.82) is 0 Å². The van der Waals surface area contributed by atoms with Crippen LogP contribution in [0.5, 0.6) is 0 Å². The van der Waals surface area contributed by atoms with E-state index in [1.807, 2.05) is 23.1 Å². The summed E-state index contributed by atoms with van der Waals surface area (Å²) >= 11 is 3.29. The fourth-order valence-electron chi connectivity index (χ4n) is 3.24. The molecule has 1 saturated heterocycles. The third-order valence-corrected chi connectivity index (χ3v) is 6.93. The number of nitrogens with one attached hydrogen (secondary N) is 1. The lowest BCUT2D eigenvalue weighted by Crippen LogP contribution is -2.46. The Labute approximate surface area is 171 Å². The van der Waals surface area contributed by atoms with E-state index in [1.165, 1.54) is 17.2 Å². The van der Waals surface area contributed by atoms with Crippen molar-refractivity contribution in [3.63, 3.8) is 0 Å². The standard InChI is InChI=1S/C20H21N3O3S2/c24-18(8-12-27-20-22-16-3-1-2-4-17(16)28-20)21-15-5-9-23(10-6-15)19(25)14-7-11-26-13-14/h1-4,7,11,13,15H,5-6,8-10,12H2,(H,21,24). The van der Waals surface area contributed by atoms with Crippen LogP contribution >= 0.6 is 23.1 Å². The average Bonchev–Trinajstić information content (AvgIpc) is 3.37. The number of amides is 2. The Morgan fingerprint density at radius 2 is 2.07 bits per heavy atom. The van der Waals surface area contributed by atoms with Gasteiger partial charge in [-0.05, 0) is 31.0 Å². The Morgan fingerprint density at radius 1 is 1.25 bits per heavy atom. The molecule has 4 rings (SSSR count). The maximum atomic E-state index is 12.3. The highest BCUT2D eigenvalue weighted by Gasteiger charge is 2.25. The van der Waals surface area contributed by atoms with Crippen molar-refractivity contribution in [3.05, 3.63) is 48.4 Å². The summed E-state index contributed by atoms with van der Waals surface area (Å²) in [6, 6.07) is 9.88. The summed E-state index contributed by atoms with van der Waals surface area (Å²) in [6.07, 6.45) is 5.00. The lowest BCUT2D eigenvalue weighted by Gasteiger charge is -2.32. The number of aromatic nitrogens is 1. The molecule has 3 heterocycles. The fraction of sp³-hybridized carbons (Fsp3) is 0.350. The Hall–Kier alpha value is -2.32. The van der Waals surface area contributed by atoms with Crippen LogP contribution in [0, 0.1) is 0 Å². The first-order valence-corrected chi connectivity index (χ1v) is 11.1. The zero-order chi connectivity index (χ0) is 19.3. The van der Waals surface area contributed by atoms with E-state index in [0.29, 0.717) is 30.8 Å².